The fourth-order valence-corrected chi connectivity index (χ4v) is 3.35. The van der Waals surface area contributed by atoms with Crippen LogP contribution in [0.5, 0.6) is 0 Å². The summed E-state index contributed by atoms with van der Waals surface area (Å²) in [7, 11) is 0. The van der Waals surface area contributed by atoms with Crippen molar-refractivity contribution in [2.75, 3.05) is 31.1 Å². The van der Waals surface area contributed by atoms with Crippen molar-refractivity contribution in [3.8, 4) is 0 Å². The van der Waals surface area contributed by atoms with Gasteiger partial charge in [-0.1, -0.05) is 48.0 Å². The summed E-state index contributed by atoms with van der Waals surface area (Å²) in [6.45, 7) is 8.18. The molecule has 1 heterocycles. The second-order valence-electron chi connectivity index (χ2n) is 6.88. The summed E-state index contributed by atoms with van der Waals surface area (Å²) in [6.07, 6.45) is 0. The zero-order valence-electron chi connectivity index (χ0n) is 15.1. The molecule has 25 heavy (non-hydrogen) atoms. The van der Waals surface area contributed by atoms with Crippen molar-refractivity contribution >= 4 is 11.6 Å². The Kier molecular flexibility index (Phi) is 5.71. The molecule has 1 atom stereocenters. The quantitative estimate of drug-likeness (QED) is 0.911. The van der Waals surface area contributed by atoms with Gasteiger partial charge in [-0.2, -0.15) is 0 Å². The van der Waals surface area contributed by atoms with Gasteiger partial charge in [0.1, 0.15) is 0 Å². The molecule has 132 valence electrons. The molecular weight excluding hydrogens is 310 g/mol. The summed E-state index contributed by atoms with van der Waals surface area (Å²) in [5, 5.41) is 3.02. The van der Waals surface area contributed by atoms with E-state index in [9.17, 15) is 4.79 Å². The lowest BCUT2D eigenvalue weighted by molar-refractivity contribution is -0.122. The predicted octanol–water partition coefficient (Wildman–Crippen LogP) is 2.82. The maximum Gasteiger partial charge on any atom is 0.234 e. The van der Waals surface area contributed by atoms with E-state index in [1.54, 1.807) is 0 Å². The normalized spacial score (nSPS) is 18.2. The number of hydrogen-bond acceptors (Lipinski definition) is 3. The van der Waals surface area contributed by atoms with Gasteiger partial charge in [-0.25, -0.2) is 0 Å². The number of nitrogens with zero attached hydrogens (tertiary/aromatic N) is 2. The van der Waals surface area contributed by atoms with Gasteiger partial charge in [0.05, 0.1) is 6.54 Å². The third-order valence-corrected chi connectivity index (χ3v) is 4.78. The van der Waals surface area contributed by atoms with Crippen molar-refractivity contribution in [3.05, 3.63) is 65.7 Å². The average molecular weight is 337 g/mol. The largest absolute Gasteiger partial charge is 0.366 e. The molecule has 1 saturated heterocycles. The van der Waals surface area contributed by atoms with Gasteiger partial charge in [-0.05, 0) is 31.5 Å². The van der Waals surface area contributed by atoms with E-state index in [2.05, 4.69) is 53.2 Å². The lowest BCUT2D eigenvalue weighted by Gasteiger charge is -2.41. The number of nitrogens with one attached hydrogen (secondary N) is 1. The van der Waals surface area contributed by atoms with Gasteiger partial charge in [-0.3, -0.25) is 9.69 Å². The Morgan fingerprint density at radius 2 is 1.80 bits per heavy atom. The molecule has 0 spiro atoms. The highest BCUT2D eigenvalue weighted by Gasteiger charge is 2.24. The summed E-state index contributed by atoms with van der Waals surface area (Å²) >= 11 is 0. The Hall–Kier alpha value is -2.33. The van der Waals surface area contributed by atoms with Crippen molar-refractivity contribution in [1.82, 2.24) is 10.2 Å². The minimum Gasteiger partial charge on any atom is -0.366 e. The maximum atomic E-state index is 12.2. The number of benzene rings is 2. The Labute approximate surface area is 150 Å². The first kappa shape index (κ1) is 17.5. The van der Waals surface area contributed by atoms with Gasteiger partial charge < -0.3 is 10.2 Å². The SMILES string of the molecule is Cc1ccc(N2CCN(CC(=O)NCc3ccccc3)CC2C)cc1. The van der Waals surface area contributed by atoms with Crippen LogP contribution in [0.2, 0.25) is 0 Å². The van der Waals surface area contributed by atoms with Crippen LogP contribution in [0.15, 0.2) is 54.6 Å². The van der Waals surface area contributed by atoms with Crippen LogP contribution in [0, 0.1) is 6.92 Å². The molecular formula is C21H27N3O. The van der Waals surface area contributed by atoms with Crippen molar-refractivity contribution in [2.24, 2.45) is 0 Å². The highest BCUT2D eigenvalue weighted by molar-refractivity contribution is 5.78. The van der Waals surface area contributed by atoms with Crippen LogP contribution in [0.4, 0.5) is 5.69 Å². The van der Waals surface area contributed by atoms with Crippen LogP contribution < -0.4 is 10.2 Å². The molecule has 0 saturated carbocycles. The molecule has 1 unspecified atom stereocenters. The number of carbonyl (C=O) groups excluding carboxylic acids is 1. The van der Waals surface area contributed by atoms with Crippen LogP contribution in [0.1, 0.15) is 18.1 Å². The van der Waals surface area contributed by atoms with E-state index in [0.717, 1.165) is 25.2 Å². The van der Waals surface area contributed by atoms with Crippen molar-refractivity contribution in [3.63, 3.8) is 0 Å². The Balaban J connectivity index is 1.47. The summed E-state index contributed by atoms with van der Waals surface area (Å²) in [6, 6.07) is 19.1. The first-order chi connectivity index (χ1) is 12.1. The molecule has 1 amide bonds. The second-order valence-corrected chi connectivity index (χ2v) is 6.88. The zero-order chi connectivity index (χ0) is 17.6. The van der Waals surface area contributed by atoms with E-state index in [4.69, 9.17) is 0 Å². The first-order valence-electron chi connectivity index (χ1n) is 8.98. The molecule has 1 N–H and O–H groups in total. The highest BCUT2D eigenvalue weighted by Crippen LogP contribution is 2.20. The van der Waals surface area contributed by atoms with Crippen molar-refractivity contribution in [2.45, 2.75) is 26.4 Å². The van der Waals surface area contributed by atoms with E-state index in [1.165, 1.54) is 11.3 Å². The molecule has 0 radical (unpaired) electrons. The lowest BCUT2D eigenvalue weighted by atomic mass is 10.1. The van der Waals surface area contributed by atoms with Gasteiger partial charge in [0.15, 0.2) is 0 Å². The van der Waals surface area contributed by atoms with Crippen molar-refractivity contribution < 1.29 is 4.79 Å². The Morgan fingerprint density at radius 3 is 2.48 bits per heavy atom. The van der Waals surface area contributed by atoms with Gasteiger partial charge in [0, 0.05) is 37.9 Å². The summed E-state index contributed by atoms with van der Waals surface area (Å²) in [5.74, 6) is 0.0971. The number of amides is 1. The summed E-state index contributed by atoms with van der Waals surface area (Å²) < 4.78 is 0. The standard InChI is InChI=1S/C21H27N3O/c1-17-8-10-20(11-9-17)24-13-12-23(15-18(24)2)16-21(25)22-14-19-6-4-3-5-7-19/h3-11,18H,12-16H2,1-2H3,(H,22,25). The number of carbonyl (C=O) groups is 1. The third kappa shape index (κ3) is 4.83. The number of rotatable bonds is 5. The van der Waals surface area contributed by atoms with Gasteiger partial charge >= 0.3 is 0 Å². The molecule has 0 bridgehead atoms. The predicted molar refractivity (Wildman–Crippen MR) is 103 cm³/mol. The van der Waals surface area contributed by atoms with Crippen LogP contribution in [0.3, 0.4) is 0 Å². The molecule has 0 aliphatic carbocycles. The minimum atomic E-state index is 0.0971. The molecule has 3 rings (SSSR count). The van der Waals surface area contributed by atoms with Crippen LogP contribution >= 0.6 is 0 Å². The van der Waals surface area contributed by atoms with E-state index in [1.807, 2.05) is 30.3 Å². The van der Waals surface area contributed by atoms with Crippen molar-refractivity contribution in [1.29, 1.82) is 0 Å². The first-order valence-corrected chi connectivity index (χ1v) is 8.98. The van der Waals surface area contributed by atoms with Gasteiger partial charge in [0.2, 0.25) is 5.91 Å². The molecule has 1 aliphatic heterocycles. The molecule has 4 nitrogen and oxygen atoms in total. The van der Waals surface area contributed by atoms with E-state index in [0.29, 0.717) is 19.1 Å². The molecule has 1 fully saturated rings. The maximum absolute atomic E-state index is 12.2. The molecule has 2 aromatic carbocycles. The highest BCUT2D eigenvalue weighted by atomic mass is 16.2. The zero-order valence-corrected chi connectivity index (χ0v) is 15.1. The van der Waals surface area contributed by atoms with Crippen LogP contribution in [-0.2, 0) is 11.3 Å². The number of hydrogen-bond donors (Lipinski definition) is 1. The summed E-state index contributed by atoms with van der Waals surface area (Å²) in [4.78, 5) is 16.9. The monoisotopic (exact) mass is 337 g/mol. The molecule has 4 heteroatoms. The minimum absolute atomic E-state index is 0.0971. The molecule has 2 aromatic rings. The fraction of sp³-hybridized carbons (Fsp3) is 0.381. The number of piperazine rings is 1. The van der Waals surface area contributed by atoms with Gasteiger partial charge in [0.25, 0.3) is 0 Å². The topological polar surface area (TPSA) is 35.6 Å². The van der Waals surface area contributed by atoms with E-state index >= 15 is 0 Å². The smallest absolute Gasteiger partial charge is 0.234 e. The third-order valence-electron chi connectivity index (χ3n) is 4.78. The van der Waals surface area contributed by atoms with E-state index in [-0.39, 0.29) is 5.91 Å². The lowest BCUT2D eigenvalue weighted by Crippen LogP contribution is -2.54. The molecule has 0 aromatic heterocycles. The van der Waals surface area contributed by atoms with Crippen LogP contribution in [0.25, 0.3) is 0 Å². The molecule has 1 aliphatic rings. The van der Waals surface area contributed by atoms with Gasteiger partial charge in [-0.15, -0.1) is 0 Å². The van der Waals surface area contributed by atoms with E-state index < -0.39 is 0 Å². The second kappa shape index (κ2) is 8.17. The van der Waals surface area contributed by atoms with Crippen LogP contribution in [-0.4, -0.2) is 43.0 Å². The fourth-order valence-electron chi connectivity index (χ4n) is 3.35. The number of aryl methyl sites for hydroxylation is 1. The Bertz CT molecular complexity index is 684. The number of anilines is 1. The Morgan fingerprint density at radius 1 is 1.08 bits per heavy atom. The average Bonchev–Trinajstić information content (AvgIpc) is 2.62. The summed E-state index contributed by atoms with van der Waals surface area (Å²) in [5.41, 5.74) is 3.69.